The third-order valence-electron chi connectivity index (χ3n) is 2.97. The van der Waals surface area contributed by atoms with Crippen LogP contribution in [0, 0.1) is 6.92 Å². The number of aromatic nitrogens is 2. The molecule has 0 unspecified atom stereocenters. The molecule has 1 aromatic heterocycles. The van der Waals surface area contributed by atoms with Gasteiger partial charge in [0.1, 0.15) is 22.3 Å². The molecule has 0 atom stereocenters. The molecule has 0 spiro atoms. The van der Waals surface area contributed by atoms with E-state index in [4.69, 9.17) is 4.74 Å². The molecule has 6 heteroatoms. The molecule has 104 valence electrons. The van der Waals surface area contributed by atoms with Gasteiger partial charge in [-0.2, -0.15) is 0 Å². The first kappa shape index (κ1) is 14.5. The number of hydrogen-bond acceptors (Lipinski definition) is 4. The predicted octanol–water partition coefficient (Wildman–Crippen LogP) is 2.18. The fourth-order valence-corrected chi connectivity index (χ4v) is 2.22. The minimum atomic E-state index is -0.170. The fourth-order valence-electron chi connectivity index (χ4n) is 1.90. The average Bonchev–Trinajstić information content (AvgIpc) is 2.47. The van der Waals surface area contributed by atoms with Crippen LogP contribution < -0.4 is 10.3 Å². The van der Waals surface area contributed by atoms with Gasteiger partial charge in [-0.15, -0.1) is 0 Å². The number of methoxy groups -OCH3 is 1. The molecule has 0 aliphatic rings. The van der Waals surface area contributed by atoms with E-state index in [-0.39, 0.29) is 5.56 Å². The summed E-state index contributed by atoms with van der Waals surface area (Å²) < 4.78 is 7.18. The Hall–Kier alpha value is -1.95. The molecule has 0 N–H and O–H groups in total. The maximum Gasteiger partial charge on any atom is 0.268 e. The van der Waals surface area contributed by atoms with Crippen molar-refractivity contribution in [3.8, 4) is 5.75 Å². The molecule has 0 saturated carbocycles. The predicted molar refractivity (Wildman–Crippen MR) is 78.4 cm³/mol. The minimum Gasteiger partial charge on any atom is -0.496 e. The van der Waals surface area contributed by atoms with E-state index in [2.05, 4.69) is 20.9 Å². The molecule has 2 rings (SSSR count). The zero-order chi connectivity index (χ0) is 14.7. The normalized spacial score (nSPS) is 10.3. The number of ether oxygens (including phenoxy) is 1. The first-order valence-corrected chi connectivity index (χ1v) is 6.70. The van der Waals surface area contributed by atoms with Crippen molar-refractivity contribution in [1.82, 2.24) is 9.55 Å². The quantitative estimate of drug-likeness (QED) is 0.803. The number of aryl methyl sites for hydroxylation is 1. The van der Waals surface area contributed by atoms with Gasteiger partial charge in [-0.1, -0.05) is 0 Å². The highest BCUT2D eigenvalue weighted by Gasteiger charge is 2.10. The van der Waals surface area contributed by atoms with Gasteiger partial charge in [-0.25, -0.2) is 4.98 Å². The molecule has 0 fully saturated rings. The van der Waals surface area contributed by atoms with E-state index in [1.54, 1.807) is 32.2 Å². The van der Waals surface area contributed by atoms with Crippen LogP contribution in [0.1, 0.15) is 21.7 Å². The number of rotatable bonds is 4. The lowest BCUT2D eigenvalue weighted by molar-refractivity contribution is 0.112. The van der Waals surface area contributed by atoms with Gasteiger partial charge >= 0.3 is 0 Å². The second-order valence-corrected chi connectivity index (χ2v) is 5.09. The van der Waals surface area contributed by atoms with Crippen LogP contribution in [0.2, 0.25) is 0 Å². The molecule has 1 heterocycles. The number of hydrogen-bond donors (Lipinski definition) is 0. The van der Waals surface area contributed by atoms with Gasteiger partial charge in [-0.05, 0) is 41.1 Å². The lowest BCUT2D eigenvalue weighted by atomic mass is 10.1. The zero-order valence-corrected chi connectivity index (χ0v) is 12.7. The molecule has 0 aliphatic carbocycles. The van der Waals surface area contributed by atoms with E-state index in [0.29, 0.717) is 28.2 Å². The highest BCUT2D eigenvalue weighted by atomic mass is 79.9. The van der Waals surface area contributed by atoms with E-state index in [9.17, 15) is 9.59 Å². The lowest BCUT2D eigenvalue weighted by Crippen LogP contribution is -2.24. The Morgan fingerprint density at radius 3 is 2.85 bits per heavy atom. The molecule has 0 radical (unpaired) electrons. The average molecular weight is 337 g/mol. The summed E-state index contributed by atoms with van der Waals surface area (Å²) in [5.74, 6) is 1.22. The molecule has 0 saturated heterocycles. The monoisotopic (exact) mass is 336 g/mol. The van der Waals surface area contributed by atoms with Crippen LogP contribution in [-0.2, 0) is 6.54 Å². The Kier molecular flexibility index (Phi) is 4.34. The highest BCUT2D eigenvalue weighted by molar-refractivity contribution is 9.10. The van der Waals surface area contributed by atoms with Crippen molar-refractivity contribution in [2.75, 3.05) is 7.11 Å². The van der Waals surface area contributed by atoms with Gasteiger partial charge in [0, 0.05) is 17.3 Å². The summed E-state index contributed by atoms with van der Waals surface area (Å²) >= 11 is 3.17. The van der Waals surface area contributed by atoms with Crippen LogP contribution in [0.5, 0.6) is 5.75 Å². The van der Waals surface area contributed by atoms with Crippen molar-refractivity contribution in [2.45, 2.75) is 13.5 Å². The second kappa shape index (κ2) is 6.00. The first-order valence-electron chi connectivity index (χ1n) is 5.91. The highest BCUT2D eigenvalue weighted by Crippen LogP contribution is 2.20. The lowest BCUT2D eigenvalue weighted by Gasteiger charge is -2.13. The Morgan fingerprint density at radius 2 is 2.20 bits per heavy atom. The van der Waals surface area contributed by atoms with E-state index in [1.165, 1.54) is 10.8 Å². The molecular formula is C14H13BrN2O3. The largest absolute Gasteiger partial charge is 0.496 e. The number of benzene rings is 1. The van der Waals surface area contributed by atoms with Crippen molar-refractivity contribution in [3.63, 3.8) is 0 Å². The van der Waals surface area contributed by atoms with Crippen LogP contribution in [0.3, 0.4) is 0 Å². The number of halogens is 1. The van der Waals surface area contributed by atoms with Crippen molar-refractivity contribution < 1.29 is 9.53 Å². The summed E-state index contributed by atoms with van der Waals surface area (Å²) in [5.41, 5.74) is 1.12. The Bertz CT molecular complexity index is 710. The van der Waals surface area contributed by atoms with Gasteiger partial charge in [0.2, 0.25) is 0 Å². The summed E-state index contributed by atoms with van der Waals surface area (Å²) in [6, 6.07) is 5.09. The Morgan fingerprint density at radius 1 is 1.45 bits per heavy atom. The summed E-state index contributed by atoms with van der Waals surface area (Å²) in [6.07, 6.45) is 2.24. The minimum absolute atomic E-state index is 0.170. The topological polar surface area (TPSA) is 61.2 Å². The van der Waals surface area contributed by atoms with Crippen LogP contribution in [0.25, 0.3) is 0 Å². The van der Waals surface area contributed by atoms with Gasteiger partial charge in [0.05, 0.1) is 13.7 Å². The summed E-state index contributed by atoms with van der Waals surface area (Å²) in [5, 5.41) is 0. The molecule has 2 aromatic rings. The molecule has 1 aromatic carbocycles. The number of nitrogens with zero attached hydrogens (tertiary/aromatic N) is 2. The molecule has 20 heavy (non-hydrogen) atoms. The third-order valence-corrected chi connectivity index (χ3v) is 3.52. The smallest absolute Gasteiger partial charge is 0.268 e. The number of aldehydes is 1. The maximum absolute atomic E-state index is 12.1. The Labute approximate surface area is 124 Å². The van der Waals surface area contributed by atoms with Crippen molar-refractivity contribution in [3.05, 3.63) is 56.2 Å². The number of carbonyl (C=O) groups excluding carboxylic acids is 1. The van der Waals surface area contributed by atoms with E-state index in [0.717, 1.165) is 11.8 Å². The molecule has 0 amide bonds. The van der Waals surface area contributed by atoms with Crippen LogP contribution in [0.15, 0.2) is 33.7 Å². The summed E-state index contributed by atoms with van der Waals surface area (Å²) in [4.78, 5) is 27.1. The second-order valence-electron chi connectivity index (χ2n) is 4.23. The van der Waals surface area contributed by atoms with E-state index in [1.807, 2.05) is 0 Å². The molecule has 0 bridgehead atoms. The SMILES string of the molecule is COc1ccc(C=O)cc1Cn1c(C)ncc(Br)c1=O. The van der Waals surface area contributed by atoms with Crippen LogP contribution in [-0.4, -0.2) is 22.9 Å². The van der Waals surface area contributed by atoms with Crippen LogP contribution in [0.4, 0.5) is 0 Å². The fraction of sp³-hybridized carbons (Fsp3) is 0.214. The van der Waals surface area contributed by atoms with Crippen LogP contribution >= 0.6 is 15.9 Å². The molecule has 5 nitrogen and oxygen atoms in total. The van der Waals surface area contributed by atoms with E-state index < -0.39 is 0 Å². The van der Waals surface area contributed by atoms with Gasteiger partial charge in [-0.3, -0.25) is 14.2 Å². The van der Waals surface area contributed by atoms with Gasteiger partial charge < -0.3 is 4.74 Å². The molecule has 0 aliphatic heterocycles. The van der Waals surface area contributed by atoms with Crippen molar-refractivity contribution >= 4 is 22.2 Å². The first-order chi connectivity index (χ1) is 9.56. The van der Waals surface area contributed by atoms with Crippen molar-refractivity contribution in [2.24, 2.45) is 0 Å². The Balaban J connectivity index is 2.52. The summed E-state index contributed by atoms with van der Waals surface area (Å²) in [6.45, 7) is 2.05. The molecular weight excluding hydrogens is 324 g/mol. The van der Waals surface area contributed by atoms with E-state index >= 15 is 0 Å². The number of carbonyl (C=O) groups is 1. The van der Waals surface area contributed by atoms with Gasteiger partial charge in [0.15, 0.2) is 0 Å². The maximum atomic E-state index is 12.1. The summed E-state index contributed by atoms with van der Waals surface area (Å²) in [7, 11) is 1.55. The standard InChI is InChI=1S/C14H13BrN2O3/c1-9-16-6-12(15)14(19)17(9)7-11-5-10(8-18)3-4-13(11)20-2/h3-6,8H,7H2,1-2H3. The third kappa shape index (κ3) is 2.80. The van der Waals surface area contributed by atoms with Gasteiger partial charge in [0.25, 0.3) is 5.56 Å². The zero-order valence-electron chi connectivity index (χ0n) is 11.1. The van der Waals surface area contributed by atoms with Crippen molar-refractivity contribution in [1.29, 1.82) is 0 Å².